The van der Waals surface area contributed by atoms with Crippen LogP contribution in [0.25, 0.3) is 0 Å². The standard InChI is InChI=1S/C21H19BrN2O3S2/c1-15(28-19-11-7-16(22)8-12-19)21(25)23-17-9-13-20(14-10-17)29(26,27)24-18-5-3-2-4-6-18/h2-15,24H,1H3,(H,23,25)/t15-/m0/s1. The summed E-state index contributed by atoms with van der Waals surface area (Å²) in [6.07, 6.45) is 0. The van der Waals surface area contributed by atoms with Crippen LogP contribution in [0.15, 0.2) is 93.1 Å². The number of carbonyl (C=O) groups is 1. The van der Waals surface area contributed by atoms with E-state index < -0.39 is 10.0 Å². The van der Waals surface area contributed by atoms with E-state index >= 15 is 0 Å². The molecule has 0 saturated carbocycles. The van der Waals surface area contributed by atoms with E-state index in [1.807, 2.05) is 37.3 Å². The maximum absolute atomic E-state index is 12.5. The molecule has 0 bridgehead atoms. The van der Waals surface area contributed by atoms with E-state index in [1.54, 1.807) is 36.4 Å². The third-order valence-corrected chi connectivity index (χ3v) is 6.99. The van der Waals surface area contributed by atoms with Crippen molar-refractivity contribution in [2.45, 2.75) is 22.0 Å². The van der Waals surface area contributed by atoms with Crippen LogP contribution >= 0.6 is 27.7 Å². The van der Waals surface area contributed by atoms with Crippen molar-refractivity contribution < 1.29 is 13.2 Å². The van der Waals surface area contributed by atoms with Crippen LogP contribution in [0.2, 0.25) is 0 Å². The number of thioether (sulfide) groups is 1. The molecule has 0 spiro atoms. The summed E-state index contributed by atoms with van der Waals surface area (Å²) in [4.78, 5) is 13.5. The zero-order chi connectivity index (χ0) is 20.9. The van der Waals surface area contributed by atoms with E-state index in [-0.39, 0.29) is 16.1 Å². The lowest BCUT2D eigenvalue weighted by molar-refractivity contribution is -0.115. The first-order valence-corrected chi connectivity index (χ1v) is 11.9. The van der Waals surface area contributed by atoms with Gasteiger partial charge in [0.1, 0.15) is 0 Å². The molecule has 0 aromatic heterocycles. The average molecular weight is 491 g/mol. The van der Waals surface area contributed by atoms with Crippen molar-refractivity contribution in [2.75, 3.05) is 10.0 Å². The highest BCUT2D eigenvalue weighted by Gasteiger charge is 2.17. The first-order valence-electron chi connectivity index (χ1n) is 8.74. The maximum Gasteiger partial charge on any atom is 0.261 e. The van der Waals surface area contributed by atoms with Crippen LogP contribution in [0.5, 0.6) is 0 Å². The van der Waals surface area contributed by atoms with Gasteiger partial charge in [-0.1, -0.05) is 34.1 Å². The van der Waals surface area contributed by atoms with Gasteiger partial charge in [-0.15, -0.1) is 11.8 Å². The molecule has 29 heavy (non-hydrogen) atoms. The highest BCUT2D eigenvalue weighted by molar-refractivity contribution is 9.10. The van der Waals surface area contributed by atoms with Crippen molar-refractivity contribution in [2.24, 2.45) is 0 Å². The van der Waals surface area contributed by atoms with Crippen LogP contribution in [0.3, 0.4) is 0 Å². The molecule has 2 N–H and O–H groups in total. The molecule has 1 atom stereocenters. The second-order valence-corrected chi connectivity index (χ2v) is 10.2. The number of nitrogens with one attached hydrogen (secondary N) is 2. The number of anilines is 2. The van der Waals surface area contributed by atoms with Crippen molar-refractivity contribution in [3.05, 3.63) is 83.3 Å². The van der Waals surface area contributed by atoms with Crippen molar-refractivity contribution in [1.29, 1.82) is 0 Å². The number of para-hydroxylation sites is 1. The molecule has 0 fully saturated rings. The summed E-state index contributed by atoms with van der Waals surface area (Å²) >= 11 is 4.84. The quantitative estimate of drug-likeness (QED) is 0.436. The van der Waals surface area contributed by atoms with Crippen LogP contribution in [-0.2, 0) is 14.8 Å². The molecular weight excluding hydrogens is 472 g/mol. The number of carbonyl (C=O) groups excluding carboxylic acids is 1. The van der Waals surface area contributed by atoms with E-state index in [4.69, 9.17) is 0 Å². The Kier molecular flexibility index (Phi) is 7.00. The zero-order valence-electron chi connectivity index (χ0n) is 15.5. The van der Waals surface area contributed by atoms with Gasteiger partial charge in [-0.3, -0.25) is 9.52 Å². The number of benzene rings is 3. The molecule has 0 saturated heterocycles. The van der Waals surface area contributed by atoms with Crippen LogP contribution in [0.4, 0.5) is 11.4 Å². The minimum atomic E-state index is -3.69. The molecule has 0 heterocycles. The van der Waals surface area contributed by atoms with Gasteiger partial charge in [0.25, 0.3) is 10.0 Å². The lowest BCUT2D eigenvalue weighted by Gasteiger charge is -2.13. The number of hydrogen-bond donors (Lipinski definition) is 2. The predicted octanol–water partition coefficient (Wildman–Crippen LogP) is 5.37. The van der Waals surface area contributed by atoms with Crippen LogP contribution in [0.1, 0.15) is 6.92 Å². The molecular formula is C21H19BrN2O3S2. The van der Waals surface area contributed by atoms with Gasteiger partial charge in [0.15, 0.2) is 0 Å². The Labute approximate surface area is 183 Å². The molecule has 1 amide bonds. The summed E-state index contributed by atoms with van der Waals surface area (Å²) in [5.74, 6) is -0.157. The summed E-state index contributed by atoms with van der Waals surface area (Å²) < 4.78 is 28.4. The third-order valence-electron chi connectivity index (χ3n) is 3.95. The normalized spacial score (nSPS) is 12.2. The Bertz CT molecular complexity index is 1070. The Morgan fingerprint density at radius 1 is 0.897 bits per heavy atom. The highest BCUT2D eigenvalue weighted by Crippen LogP contribution is 2.26. The van der Waals surface area contributed by atoms with Crippen molar-refractivity contribution in [3.63, 3.8) is 0 Å². The number of rotatable bonds is 7. The van der Waals surface area contributed by atoms with Crippen molar-refractivity contribution in [1.82, 2.24) is 0 Å². The summed E-state index contributed by atoms with van der Waals surface area (Å²) in [6.45, 7) is 1.82. The van der Waals surface area contributed by atoms with Crippen LogP contribution in [0, 0.1) is 0 Å². The topological polar surface area (TPSA) is 75.3 Å². The molecule has 0 aliphatic heterocycles. The largest absolute Gasteiger partial charge is 0.325 e. The lowest BCUT2D eigenvalue weighted by Crippen LogP contribution is -2.22. The SMILES string of the molecule is C[C@H](Sc1ccc(Br)cc1)C(=O)Nc1ccc(S(=O)(=O)Nc2ccccc2)cc1. The Hall–Kier alpha value is -2.29. The van der Waals surface area contributed by atoms with Crippen molar-refractivity contribution in [3.8, 4) is 0 Å². The second-order valence-electron chi connectivity index (χ2n) is 6.20. The first-order chi connectivity index (χ1) is 13.8. The molecule has 0 unspecified atom stereocenters. The number of hydrogen-bond acceptors (Lipinski definition) is 4. The van der Waals surface area contributed by atoms with E-state index in [1.165, 1.54) is 23.9 Å². The number of halogens is 1. The monoisotopic (exact) mass is 490 g/mol. The Morgan fingerprint density at radius 3 is 2.14 bits per heavy atom. The summed E-state index contributed by atoms with van der Waals surface area (Å²) in [6, 6.07) is 22.5. The van der Waals surface area contributed by atoms with Gasteiger partial charge in [0, 0.05) is 20.7 Å². The molecule has 0 aliphatic carbocycles. The number of sulfonamides is 1. The van der Waals surface area contributed by atoms with Gasteiger partial charge in [0.05, 0.1) is 10.1 Å². The average Bonchev–Trinajstić information content (AvgIpc) is 2.70. The van der Waals surface area contributed by atoms with Gasteiger partial charge < -0.3 is 5.32 Å². The number of amides is 1. The fourth-order valence-electron chi connectivity index (χ4n) is 2.45. The van der Waals surface area contributed by atoms with Crippen LogP contribution < -0.4 is 10.0 Å². The summed E-state index contributed by atoms with van der Waals surface area (Å²) in [5.41, 5.74) is 1.03. The van der Waals surface area contributed by atoms with E-state index in [0.717, 1.165) is 9.37 Å². The lowest BCUT2D eigenvalue weighted by atomic mass is 10.3. The molecule has 3 aromatic carbocycles. The fourth-order valence-corrected chi connectivity index (χ4v) is 4.64. The first kappa shape index (κ1) is 21.4. The maximum atomic E-state index is 12.5. The van der Waals surface area contributed by atoms with Gasteiger partial charge in [-0.05, 0) is 67.6 Å². The molecule has 150 valence electrons. The molecule has 5 nitrogen and oxygen atoms in total. The van der Waals surface area contributed by atoms with Crippen LogP contribution in [-0.4, -0.2) is 19.6 Å². The smallest absolute Gasteiger partial charge is 0.261 e. The molecule has 0 radical (unpaired) electrons. The van der Waals surface area contributed by atoms with Gasteiger partial charge in [-0.25, -0.2) is 8.42 Å². The zero-order valence-corrected chi connectivity index (χ0v) is 18.7. The Morgan fingerprint density at radius 2 is 1.52 bits per heavy atom. The highest BCUT2D eigenvalue weighted by atomic mass is 79.9. The molecule has 0 aliphatic rings. The van der Waals surface area contributed by atoms with Gasteiger partial charge >= 0.3 is 0 Å². The summed E-state index contributed by atoms with van der Waals surface area (Å²) in [5, 5.41) is 2.51. The Balaban J connectivity index is 1.62. The van der Waals surface area contributed by atoms with E-state index in [9.17, 15) is 13.2 Å². The van der Waals surface area contributed by atoms with E-state index in [2.05, 4.69) is 26.0 Å². The molecule has 8 heteroatoms. The predicted molar refractivity (Wildman–Crippen MR) is 122 cm³/mol. The van der Waals surface area contributed by atoms with Gasteiger partial charge in [0.2, 0.25) is 5.91 Å². The minimum Gasteiger partial charge on any atom is -0.325 e. The molecule has 3 aromatic rings. The van der Waals surface area contributed by atoms with Crippen molar-refractivity contribution >= 4 is 55.0 Å². The van der Waals surface area contributed by atoms with Gasteiger partial charge in [-0.2, -0.15) is 0 Å². The van der Waals surface area contributed by atoms with E-state index in [0.29, 0.717) is 11.4 Å². The minimum absolute atomic E-state index is 0.122. The second kappa shape index (κ2) is 9.47. The fraction of sp³-hybridized carbons (Fsp3) is 0.0952. The summed E-state index contributed by atoms with van der Waals surface area (Å²) in [7, 11) is -3.69. The third kappa shape index (κ3) is 6.09. The molecule has 3 rings (SSSR count).